The second-order valence-corrected chi connectivity index (χ2v) is 5.36. The average Bonchev–Trinajstić information content (AvgIpc) is 2.51. The molecule has 0 saturated heterocycles. The van der Waals surface area contributed by atoms with Crippen molar-refractivity contribution in [2.75, 3.05) is 19.0 Å². The number of methoxy groups -OCH3 is 1. The van der Waals surface area contributed by atoms with Crippen LogP contribution in [0.25, 0.3) is 0 Å². The highest BCUT2D eigenvalue weighted by Gasteiger charge is 2.13. The van der Waals surface area contributed by atoms with Crippen LogP contribution in [-0.4, -0.2) is 25.6 Å². The molecule has 0 aliphatic rings. The number of rotatable bonds is 5. The van der Waals surface area contributed by atoms with Gasteiger partial charge in [0.25, 0.3) is 5.91 Å². The molecule has 0 atom stereocenters. The summed E-state index contributed by atoms with van der Waals surface area (Å²) < 4.78 is 10.0. The monoisotopic (exact) mass is 353 g/mol. The molecule has 7 heteroatoms. The van der Waals surface area contributed by atoms with Gasteiger partial charge in [-0.2, -0.15) is 0 Å². The molecule has 0 aliphatic carbocycles. The molecular formula is C16H13Cl2NO4. The minimum atomic E-state index is -0.539. The van der Waals surface area contributed by atoms with Crippen molar-refractivity contribution in [3.8, 4) is 5.75 Å². The summed E-state index contributed by atoms with van der Waals surface area (Å²) in [6.07, 6.45) is 0. The zero-order valence-corrected chi connectivity index (χ0v) is 13.6. The largest absolute Gasteiger partial charge is 0.483 e. The van der Waals surface area contributed by atoms with E-state index in [0.29, 0.717) is 15.7 Å². The third-order valence-electron chi connectivity index (χ3n) is 2.80. The van der Waals surface area contributed by atoms with Gasteiger partial charge in [0, 0.05) is 15.7 Å². The molecule has 0 aromatic heterocycles. The van der Waals surface area contributed by atoms with Crippen molar-refractivity contribution in [3.63, 3.8) is 0 Å². The van der Waals surface area contributed by atoms with Crippen LogP contribution in [0.4, 0.5) is 5.69 Å². The van der Waals surface area contributed by atoms with Gasteiger partial charge >= 0.3 is 5.97 Å². The molecule has 0 saturated carbocycles. The Morgan fingerprint density at radius 1 is 1.09 bits per heavy atom. The van der Waals surface area contributed by atoms with Crippen molar-refractivity contribution in [3.05, 3.63) is 58.1 Å². The fourth-order valence-electron chi connectivity index (χ4n) is 1.84. The Bertz CT molecular complexity index is 714. The molecule has 0 aliphatic heterocycles. The van der Waals surface area contributed by atoms with Crippen LogP contribution in [0.2, 0.25) is 10.0 Å². The molecule has 120 valence electrons. The lowest BCUT2D eigenvalue weighted by molar-refractivity contribution is -0.118. The van der Waals surface area contributed by atoms with Crippen molar-refractivity contribution in [2.45, 2.75) is 0 Å². The lowest BCUT2D eigenvalue weighted by Crippen LogP contribution is -2.21. The molecule has 2 aromatic carbocycles. The lowest BCUT2D eigenvalue weighted by Gasteiger charge is -2.10. The average molecular weight is 354 g/mol. The van der Waals surface area contributed by atoms with Crippen LogP contribution in [0.5, 0.6) is 5.75 Å². The number of benzene rings is 2. The standard InChI is InChI=1S/C16H13Cl2NO4/c1-22-16(21)13-4-2-3-5-14(13)23-9-15(20)19-12-7-10(17)6-11(18)8-12/h2-8H,9H2,1H3,(H,19,20). The van der Waals surface area contributed by atoms with Crippen molar-refractivity contribution in [1.82, 2.24) is 0 Å². The van der Waals surface area contributed by atoms with Gasteiger partial charge in [-0.05, 0) is 30.3 Å². The van der Waals surface area contributed by atoms with Gasteiger partial charge in [-0.3, -0.25) is 4.79 Å². The van der Waals surface area contributed by atoms with E-state index in [9.17, 15) is 9.59 Å². The second-order valence-electron chi connectivity index (χ2n) is 4.48. The number of amides is 1. The van der Waals surface area contributed by atoms with Crippen LogP contribution in [-0.2, 0) is 9.53 Å². The van der Waals surface area contributed by atoms with Crippen molar-refractivity contribution >= 4 is 40.8 Å². The molecule has 5 nitrogen and oxygen atoms in total. The summed E-state index contributed by atoms with van der Waals surface area (Å²) in [7, 11) is 1.27. The van der Waals surface area contributed by atoms with Crippen LogP contribution in [0.3, 0.4) is 0 Å². The zero-order chi connectivity index (χ0) is 16.8. The number of anilines is 1. The molecule has 0 heterocycles. The van der Waals surface area contributed by atoms with Crippen molar-refractivity contribution < 1.29 is 19.1 Å². The molecule has 1 amide bonds. The van der Waals surface area contributed by atoms with E-state index in [1.54, 1.807) is 42.5 Å². The SMILES string of the molecule is COC(=O)c1ccccc1OCC(=O)Nc1cc(Cl)cc(Cl)c1. The summed E-state index contributed by atoms with van der Waals surface area (Å²) in [4.78, 5) is 23.5. The molecule has 0 unspecified atom stereocenters. The van der Waals surface area contributed by atoms with Gasteiger partial charge in [-0.1, -0.05) is 35.3 Å². The predicted octanol–water partition coefficient (Wildman–Crippen LogP) is 3.80. The van der Waals surface area contributed by atoms with E-state index >= 15 is 0 Å². The lowest BCUT2D eigenvalue weighted by atomic mass is 10.2. The first-order valence-corrected chi connectivity index (χ1v) is 7.31. The number of nitrogens with one attached hydrogen (secondary N) is 1. The molecule has 0 radical (unpaired) electrons. The maximum Gasteiger partial charge on any atom is 0.341 e. The van der Waals surface area contributed by atoms with E-state index < -0.39 is 11.9 Å². The van der Waals surface area contributed by atoms with E-state index in [1.165, 1.54) is 7.11 Å². The highest BCUT2D eigenvalue weighted by atomic mass is 35.5. The number of hydrogen-bond acceptors (Lipinski definition) is 4. The normalized spacial score (nSPS) is 10.0. The van der Waals surface area contributed by atoms with E-state index in [1.807, 2.05) is 0 Å². The summed E-state index contributed by atoms with van der Waals surface area (Å²) in [6, 6.07) is 11.2. The van der Waals surface area contributed by atoms with Crippen molar-refractivity contribution in [1.29, 1.82) is 0 Å². The third kappa shape index (κ3) is 4.87. The highest BCUT2D eigenvalue weighted by molar-refractivity contribution is 6.35. The quantitative estimate of drug-likeness (QED) is 0.830. The number of para-hydroxylation sites is 1. The maximum atomic E-state index is 11.9. The van der Waals surface area contributed by atoms with Crippen LogP contribution in [0, 0.1) is 0 Å². The fourth-order valence-corrected chi connectivity index (χ4v) is 2.36. The predicted molar refractivity (Wildman–Crippen MR) is 88.4 cm³/mol. The number of halogens is 2. The van der Waals surface area contributed by atoms with E-state index in [4.69, 9.17) is 27.9 Å². The Morgan fingerprint density at radius 3 is 2.39 bits per heavy atom. The molecule has 1 N–H and O–H groups in total. The van der Waals surface area contributed by atoms with Gasteiger partial charge in [0.1, 0.15) is 11.3 Å². The van der Waals surface area contributed by atoms with Gasteiger partial charge in [-0.25, -0.2) is 4.79 Å². The van der Waals surface area contributed by atoms with Gasteiger partial charge in [-0.15, -0.1) is 0 Å². The minimum absolute atomic E-state index is 0.244. The molecule has 0 spiro atoms. The Hall–Kier alpha value is -2.24. The van der Waals surface area contributed by atoms with Crippen LogP contribution >= 0.6 is 23.2 Å². The number of carbonyl (C=O) groups is 2. The molecular weight excluding hydrogens is 341 g/mol. The zero-order valence-electron chi connectivity index (χ0n) is 12.1. The Labute approximate surface area is 143 Å². The van der Waals surface area contributed by atoms with E-state index in [0.717, 1.165) is 0 Å². The summed E-state index contributed by atoms with van der Waals surface area (Å²) in [6.45, 7) is -0.280. The molecule has 0 bridgehead atoms. The molecule has 2 rings (SSSR count). The first-order valence-electron chi connectivity index (χ1n) is 6.55. The summed E-state index contributed by atoms with van der Waals surface area (Å²) in [5.41, 5.74) is 0.700. The summed E-state index contributed by atoms with van der Waals surface area (Å²) >= 11 is 11.7. The van der Waals surface area contributed by atoms with Gasteiger partial charge in [0.05, 0.1) is 7.11 Å². The number of carbonyl (C=O) groups excluding carboxylic acids is 2. The van der Waals surface area contributed by atoms with Crippen LogP contribution in [0.15, 0.2) is 42.5 Å². The van der Waals surface area contributed by atoms with Gasteiger partial charge < -0.3 is 14.8 Å². The number of ether oxygens (including phenoxy) is 2. The number of esters is 1. The van der Waals surface area contributed by atoms with E-state index in [2.05, 4.69) is 10.1 Å². The minimum Gasteiger partial charge on any atom is -0.483 e. The number of hydrogen-bond donors (Lipinski definition) is 1. The van der Waals surface area contributed by atoms with E-state index in [-0.39, 0.29) is 17.9 Å². The fraction of sp³-hybridized carbons (Fsp3) is 0.125. The second kappa shape index (κ2) is 7.85. The Morgan fingerprint density at radius 2 is 1.74 bits per heavy atom. The third-order valence-corrected chi connectivity index (χ3v) is 3.23. The Kier molecular flexibility index (Phi) is 5.84. The first-order chi connectivity index (χ1) is 11.0. The smallest absolute Gasteiger partial charge is 0.341 e. The Balaban J connectivity index is 2.01. The van der Waals surface area contributed by atoms with Gasteiger partial charge in [0.2, 0.25) is 0 Å². The van der Waals surface area contributed by atoms with Crippen LogP contribution < -0.4 is 10.1 Å². The van der Waals surface area contributed by atoms with Crippen LogP contribution in [0.1, 0.15) is 10.4 Å². The molecule has 23 heavy (non-hydrogen) atoms. The first kappa shape index (κ1) is 17.1. The molecule has 0 fully saturated rings. The summed E-state index contributed by atoms with van der Waals surface area (Å²) in [5, 5.41) is 3.42. The van der Waals surface area contributed by atoms with Gasteiger partial charge in [0.15, 0.2) is 6.61 Å². The maximum absolute atomic E-state index is 11.9. The molecule has 2 aromatic rings. The van der Waals surface area contributed by atoms with Crippen molar-refractivity contribution in [2.24, 2.45) is 0 Å². The summed E-state index contributed by atoms with van der Waals surface area (Å²) in [5.74, 6) is -0.691. The highest BCUT2D eigenvalue weighted by Crippen LogP contribution is 2.23. The topological polar surface area (TPSA) is 64.6 Å².